The van der Waals surface area contributed by atoms with Crippen LogP contribution in [0.4, 0.5) is 0 Å². The van der Waals surface area contributed by atoms with E-state index in [1.807, 2.05) is 0 Å². The Morgan fingerprint density at radius 3 is 3.21 bits per heavy atom. The van der Waals surface area contributed by atoms with Gasteiger partial charge in [0.1, 0.15) is 5.82 Å². The first-order chi connectivity index (χ1) is 6.90. The van der Waals surface area contributed by atoms with Crippen LogP contribution in [0.25, 0.3) is 0 Å². The summed E-state index contributed by atoms with van der Waals surface area (Å²) in [7, 11) is 0. The van der Waals surface area contributed by atoms with Crippen LogP contribution in [0.5, 0.6) is 0 Å². The smallest absolute Gasteiger partial charge is 0.169 e. The van der Waals surface area contributed by atoms with Crippen molar-refractivity contribution in [1.29, 1.82) is 0 Å². The molecule has 1 aromatic rings. The van der Waals surface area contributed by atoms with Crippen LogP contribution in [0, 0.1) is 0 Å². The molecule has 1 fully saturated rings. The number of aryl methyl sites for hydroxylation is 1. The van der Waals surface area contributed by atoms with Crippen molar-refractivity contribution in [3.63, 3.8) is 0 Å². The number of rotatable bonds is 3. The van der Waals surface area contributed by atoms with Crippen LogP contribution < -0.4 is 5.32 Å². The minimum Gasteiger partial charge on any atom is -0.378 e. The van der Waals surface area contributed by atoms with Crippen molar-refractivity contribution in [2.75, 3.05) is 19.8 Å². The van der Waals surface area contributed by atoms with Gasteiger partial charge in [0.25, 0.3) is 0 Å². The zero-order chi connectivity index (χ0) is 9.80. The molecule has 2 heterocycles. The Morgan fingerprint density at radius 2 is 2.50 bits per heavy atom. The van der Waals surface area contributed by atoms with Crippen molar-refractivity contribution in [1.82, 2.24) is 20.5 Å². The summed E-state index contributed by atoms with van der Waals surface area (Å²) in [6.07, 6.45) is 2.05. The lowest BCUT2D eigenvalue weighted by atomic mass is 10.2. The molecule has 0 saturated carbocycles. The quantitative estimate of drug-likeness (QED) is 0.735. The van der Waals surface area contributed by atoms with Crippen molar-refractivity contribution in [3.8, 4) is 0 Å². The number of hydrogen-bond donors (Lipinski definition) is 2. The molecule has 0 aromatic carbocycles. The second-order valence-corrected chi connectivity index (χ2v) is 3.47. The molecule has 0 amide bonds. The van der Waals surface area contributed by atoms with Crippen molar-refractivity contribution in [2.45, 2.75) is 25.8 Å². The minimum atomic E-state index is 0.158. The normalized spacial score (nSPS) is 22.5. The summed E-state index contributed by atoms with van der Waals surface area (Å²) in [5.41, 5.74) is 0. The van der Waals surface area contributed by atoms with Gasteiger partial charge in [-0.1, -0.05) is 6.92 Å². The highest BCUT2D eigenvalue weighted by atomic mass is 16.5. The molecule has 14 heavy (non-hydrogen) atoms. The van der Waals surface area contributed by atoms with Crippen molar-refractivity contribution in [2.24, 2.45) is 0 Å². The van der Waals surface area contributed by atoms with E-state index in [9.17, 15) is 0 Å². The first-order valence-corrected chi connectivity index (χ1v) is 5.12. The standard InChI is InChI=1S/C9H16N4O/c1-2-3-8-11-9(13-12-8)7-6-14-5-4-10-7/h7,10H,2-6H2,1H3,(H,11,12,13). The summed E-state index contributed by atoms with van der Waals surface area (Å²) in [6.45, 7) is 4.46. The molecule has 5 heteroatoms. The maximum atomic E-state index is 5.35. The lowest BCUT2D eigenvalue weighted by molar-refractivity contribution is 0.0743. The van der Waals surface area contributed by atoms with E-state index in [4.69, 9.17) is 4.74 Å². The molecule has 0 spiro atoms. The van der Waals surface area contributed by atoms with Crippen LogP contribution in [-0.2, 0) is 11.2 Å². The van der Waals surface area contributed by atoms with E-state index < -0.39 is 0 Å². The summed E-state index contributed by atoms with van der Waals surface area (Å²) < 4.78 is 5.35. The molecule has 1 aliphatic rings. The average molecular weight is 196 g/mol. The van der Waals surface area contributed by atoms with Crippen molar-refractivity contribution < 1.29 is 4.74 Å². The summed E-state index contributed by atoms with van der Waals surface area (Å²) in [6, 6.07) is 0.158. The number of hydrogen-bond acceptors (Lipinski definition) is 4. The molecule has 5 nitrogen and oxygen atoms in total. The van der Waals surface area contributed by atoms with Crippen LogP contribution in [0.1, 0.15) is 31.0 Å². The molecule has 0 bridgehead atoms. The van der Waals surface area contributed by atoms with Gasteiger partial charge in [-0.25, -0.2) is 4.98 Å². The fraction of sp³-hybridized carbons (Fsp3) is 0.778. The van der Waals surface area contributed by atoms with E-state index in [1.54, 1.807) is 0 Å². The van der Waals surface area contributed by atoms with Gasteiger partial charge < -0.3 is 10.1 Å². The topological polar surface area (TPSA) is 62.8 Å². The molecular weight excluding hydrogens is 180 g/mol. The Balaban J connectivity index is 2.00. The number of nitrogens with one attached hydrogen (secondary N) is 2. The number of aromatic nitrogens is 3. The highest BCUT2D eigenvalue weighted by Crippen LogP contribution is 2.11. The third-order valence-electron chi connectivity index (χ3n) is 2.27. The zero-order valence-electron chi connectivity index (χ0n) is 8.42. The molecule has 0 radical (unpaired) electrons. The third kappa shape index (κ3) is 2.10. The first kappa shape index (κ1) is 9.61. The zero-order valence-corrected chi connectivity index (χ0v) is 8.42. The van der Waals surface area contributed by atoms with E-state index >= 15 is 0 Å². The van der Waals surface area contributed by atoms with Gasteiger partial charge >= 0.3 is 0 Å². The molecule has 1 saturated heterocycles. The summed E-state index contributed by atoms with van der Waals surface area (Å²) in [5.74, 6) is 1.79. The number of H-pyrrole nitrogens is 1. The molecule has 2 rings (SSSR count). The second-order valence-electron chi connectivity index (χ2n) is 3.47. The Morgan fingerprint density at radius 1 is 1.57 bits per heavy atom. The van der Waals surface area contributed by atoms with Gasteiger partial charge in [0.15, 0.2) is 5.82 Å². The fourth-order valence-electron chi connectivity index (χ4n) is 1.55. The van der Waals surface area contributed by atoms with Gasteiger partial charge in [-0.05, 0) is 6.42 Å². The van der Waals surface area contributed by atoms with Crippen molar-refractivity contribution in [3.05, 3.63) is 11.6 Å². The number of nitrogens with zero attached hydrogens (tertiary/aromatic N) is 2. The molecule has 2 N–H and O–H groups in total. The SMILES string of the molecule is CCCc1nc(C2COCCN2)n[nH]1. The first-order valence-electron chi connectivity index (χ1n) is 5.12. The monoisotopic (exact) mass is 196 g/mol. The molecule has 1 aromatic heterocycles. The summed E-state index contributed by atoms with van der Waals surface area (Å²) in [4.78, 5) is 4.41. The Labute approximate surface area is 83.3 Å². The van der Waals surface area contributed by atoms with E-state index in [1.165, 1.54) is 0 Å². The summed E-state index contributed by atoms with van der Waals surface area (Å²) >= 11 is 0. The van der Waals surface area contributed by atoms with E-state index in [0.29, 0.717) is 6.61 Å². The predicted molar refractivity (Wildman–Crippen MR) is 51.9 cm³/mol. The van der Waals surface area contributed by atoms with Crippen LogP contribution >= 0.6 is 0 Å². The minimum absolute atomic E-state index is 0.158. The van der Waals surface area contributed by atoms with Gasteiger partial charge in [-0.2, -0.15) is 5.10 Å². The highest BCUT2D eigenvalue weighted by Gasteiger charge is 2.19. The Kier molecular flexibility index (Phi) is 3.10. The maximum absolute atomic E-state index is 5.35. The predicted octanol–water partition coefficient (Wildman–Crippen LogP) is 0.418. The molecule has 0 aliphatic carbocycles. The van der Waals surface area contributed by atoms with Crippen LogP contribution in [0.2, 0.25) is 0 Å². The van der Waals surface area contributed by atoms with E-state index in [-0.39, 0.29) is 6.04 Å². The summed E-state index contributed by atoms with van der Waals surface area (Å²) in [5, 5.41) is 10.4. The van der Waals surface area contributed by atoms with Crippen LogP contribution in [0.3, 0.4) is 0 Å². The Bertz CT molecular complexity index is 280. The van der Waals surface area contributed by atoms with Gasteiger partial charge in [0, 0.05) is 13.0 Å². The maximum Gasteiger partial charge on any atom is 0.169 e. The third-order valence-corrected chi connectivity index (χ3v) is 2.27. The molecule has 1 atom stereocenters. The van der Waals surface area contributed by atoms with Gasteiger partial charge in [0.05, 0.1) is 19.3 Å². The largest absolute Gasteiger partial charge is 0.378 e. The van der Waals surface area contributed by atoms with Gasteiger partial charge in [-0.15, -0.1) is 0 Å². The fourth-order valence-corrected chi connectivity index (χ4v) is 1.55. The lowest BCUT2D eigenvalue weighted by Gasteiger charge is -2.20. The highest BCUT2D eigenvalue weighted by molar-refractivity contribution is 4.97. The molecule has 78 valence electrons. The number of morpholine rings is 1. The molecule has 1 unspecified atom stereocenters. The van der Waals surface area contributed by atoms with Gasteiger partial charge in [0.2, 0.25) is 0 Å². The Hall–Kier alpha value is -0.940. The van der Waals surface area contributed by atoms with Gasteiger partial charge in [-0.3, -0.25) is 5.10 Å². The van der Waals surface area contributed by atoms with E-state index in [0.717, 1.165) is 37.6 Å². The van der Waals surface area contributed by atoms with Crippen molar-refractivity contribution >= 4 is 0 Å². The number of aromatic amines is 1. The molecule has 1 aliphatic heterocycles. The second kappa shape index (κ2) is 4.52. The number of ether oxygens (including phenoxy) is 1. The lowest BCUT2D eigenvalue weighted by Crippen LogP contribution is -2.35. The average Bonchev–Trinajstić information content (AvgIpc) is 2.68. The van der Waals surface area contributed by atoms with Crippen LogP contribution in [0.15, 0.2) is 0 Å². The molecular formula is C9H16N4O. The van der Waals surface area contributed by atoms with Crippen LogP contribution in [-0.4, -0.2) is 34.9 Å². The van der Waals surface area contributed by atoms with E-state index in [2.05, 4.69) is 27.4 Å².